The molecule has 4 nitrogen and oxygen atoms in total. The second-order valence-corrected chi connectivity index (χ2v) is 4.37. The summed E-state index contributed by atoms with van der Waals surface area (Å²) in [6.07, 6.45) is 2.31. The number of nitrogens with one attached hydrogen (secondary N) is 1. The lowest BCUT2D eigenvalue weighted by Crippen LogP contribution is -2.29. The topological polar surface area (TPSA) is 62.5 Å². The highest BCUT2D eigenvalue weighted by Crippen LogP contribution is 2.11. The van der Waals surface area contributed by atoms with E-state index in [1.165, 1.54) is 0 Å². The maximum atomic E-state index is 11.0. The van der Waals surface area contributed by atoms with Crippen molar-refractivity contribution in [1.29, 1.82) is 0 Å². The summed E-state index contributed by atoms with van der Waals surface area (Å²) in [5.74, 6) is 0.163. The average molecular weight is 225 g/mol. The van der Waals surface area contributed by atoms with Crippen molar-refractivity contribution in [1.82, 2.24) is 5.32 Å². The van der Waals surface area contributed by atoms with Crippen LogP contribution in [0.3, 0.4) is 0 Å². The van der Waals surface area contributed by atoms with Crippen LogP contribution in [0.5, 0.6) is 0 Å². The normalized spacial score (nSPS) is 12.9. The van der Waals surface area contributed by atoms with Gasteiger partial charge in [-0.2, -0.15) is 0 Å². The van der Waals surface area contributed by atoms with Gasteiger partial charge in [-0.05, 0) is 24.5 Å². The lowest BCUT2D eigenvalue weighted by Gasteiger charge is -2.14. The molecule has 0 aromatic carbocycles. The highest BCUT2D eigenvalue weighted by molar-refractivity contribution is 5.70. The van der Waals surface area contributed by atoms with E-state index in [9.17, 15) is 4.79 Å². The minimum absolute atomic E-state index is 0.324. The van der Waals surface area contributed by atoms with Gasteiger partial charge < -0.3 is 14.8 Å². The zero-order chi connectivity index (χ0) is 12.0. The van der Waals surface area contributed by atoms with Gasteiger partial charge in [0.25, 0.3) is 0 Å². The molecule has 0 aliphatic carbocycles. The molecule has 1 rings (SSSR count). The van der Waals surface area contributed by atoms with Gasteiger partial charge in [-0.25, -0.2) is 0 Å². The summed E-state index contributed by atoms with van der Waals surface area (Å²) < 4.78 is 5.15. The van der Waals surface area contributed by atoms with E-state index in [0.717, 1.165) is 5.76 Å². The van der Waals surface area contributed by atoms with Gasteiger partial charge in [0.2, 0.25) is 0 Å². The first-order valence-electron chi connectivity index (χ1n) is 5.55. The van der Waals surface area contributed by atoms with Crippen LogP contribution in [0.15, 0.2) is 22.8 Å². The van der Waals surface area contributed by atoms with Crippen LogP contribution in [0.1, 0.15) is 26.0 Å². The van der Waals surface area contributed by atoms with Gasteiger partial charge in [0, 0.05) is 6.54 Å². The van der Waals surface area contributed by atoms with E-state index >= 15 is 0 Å². The molecule has 1 heterocycles. The number of furan rings is 1. The van der Waals surface area contributed by atoms with Gasteiger partial charge in [-0.15, -0.1) is 0 Å². The maximum Gasteiger partial charge on any atom is 0.307 e. The summed E-state index contributed by atoms with van der Waals surface area (Å²) in [5, 5.41) is 12.1. The Balaban J connectivity index is 2.30. The Morgan fingerprint density at radius 1 is 1.56 bits per heavy atom. The summed E-state index contributed by atoms with van der Waals surface area (Å²) in [6, 6.07) is 3.69. The van der Waals surface area contributed by atoms with Gasteiger partial charge >= 0.3 is 5.97 Å². The van der Waals surface area contributed by atoms with Crippen LogP contribution in [0.25, 0.3) is 0 Å². The van der Waals surface area contributed by atoms with Crippen molar-refractivity contribution < 1.29 is 14.3 Å². The second-order valence-electron chi connectivity index (χ2n) is 4.37. The summed E-state index contributed by atoms with van der Waals surface area (Å²) in [7, 11) is 0. The highest BCUT2D eigenvalue weighted by Gasteiger charge is 2.18. The Bertz CT molecular complexity index is 306. The van der Waals surface area contributed by atoms with Crippen LogP contribution in [-0.2, 0) is 11.3 Å². The van der Waals surface area contributed by atoms with E-state index < -0.39 is 5.97 Å². The van der Waals surface area contributed by atoms with Gasteiger partial charge in [0.1, 0.15) is 5.76 Å². The van der Waals surface area contributed by atoms with Crippen molar-refractivity contribution in [3.05, 3.63) is 24.2 Å². The summed E-state index contributed by atoms with van der Waals surface area (Å²) in [5.41, 5.74) is 0. The van der Waals surface area contributed by atoms with E-state index in [0.29, 0.717) is 25.4 Å². The predicted molar refractivity (Wildman–Crippen MR) is 61.0 cm³/mol. The molecule has 0 spiro atoms. The standard InChI is InChI=1S/C12H19NO3/c1-9(2)6-10(12(14)15)7-13-8-11-4-3-5-16-11/h3-5,9-10,13H,6-8H2,1-2H3,(H,14,15). The second kappa shape index (κ2) is 6.33. The van der Waals surface area contributed by atoms with Gasteiger partial charge in [0.15, 0.2) is 0 Å². The molecule has 1 aromatic heterocycles. The molecule has 1 atom stereocenters. The number of hydrogen-bond donors (Lipinski definition) is 2. The lowest BCUT2D eigenvalue weighted by atomic mass is 9.97. The number of carbonyl (C=O) groups is 1. The number of carboxylic acid groups (broad SMARTS) is 1. The fourth-order valence-electron chi connectivity index (χ4n) is 1.62. The van der Waals surface area contributed by atoms with Crippen molar-refractivity contribution >= 4 is 5.97 Å². The third-order valence-electron chi connectivity index (χ3n) is 2.38. The first-order valence-corrected chi connectivity index (χ1v) is 5.55. The summed E-state index contributed by atoms with van der Waals surface area (Å²) in [4.78, 5) is 11.0. The highest BCUT2D eigenvalue weighted by atomic mass is 16.4. The van der Waals surface area contributed by atoms with Crippen molar-refractivity contribution in [2.45, 2.75) is 26.8 Å². The van der Waals surface area contributed by atoms with Crippen LogP contribution in [0.4, 0.5) is 0 Å². The Morgan fingerprint density at radius 2 is 2.31 bits per heavy atom. The zero-order valence-electron chi connectivity index (χ0n) is 9.77. The molecule has 0 bridgehead atoms. The molecule has 0 amide bonds. The number of rotatable bonds is 7. The smallest absolute Gasteiger partial charge is 0.307 e. The number of aliphatic carboxylic acids is 1. The quantitative estimate of drug-likeness (QED) is 0.746. The Kier molecular flexibility index (Phi) is 5.05. The molecule has 0 aliphatic rings. The molecule has 0 saturated heterocycles. The molecule has 4 heteroatoms. The first kappa shape index (κ1) is 12.8. The van der Waals surface area contributed by atoms with Crippen molar-refractivity contribution in [2.24, 2.45) is 11.8 Å². The summed E-state index contributed by atoms with van der Waals surface area (Å²) in [6.45, 7) is 5.12. The fraction of sp³-hybridized carbons (Fsp3) is 0.583. The largest absolute Gasteiger partial charge is 0.481 e. The van der Waals surface area contributed by atoms with Crippen LogP contribution in [-0.4, -0.2) is 17.6 Å². The molecule has 0 aliphatic heterocycles. The monoisotopic (exact) mass is 225 g/mol. The first-order chi connectivity index (χ1) is 7.59. The van der Waals surface area contributed by atoms with Crippen LogP contribution >= 0.6 is 0 Å². The Labute approximate surface area is 95.7 Å². The third-order valence-corrected chi connectivity index (χ3v) is 2.38. The van der Waals surface area contributed by atoms with E-state index in [1.54, 1.807) is 6.26 Å². The number of carboxylic acids is 1. The summed E-state index contributed by atoms with van der Waals surface area (Å²) >= 11 is 0. The third kappa shape index (κ3) is 4.49. The SMILES string of the molecule is CC(C)CC(CNCc1ccco1)C(=O)O. The molecule has 2 N–H and O–H groups in total. The van der Waals surface area contributed by atoms with E-state index in [4.69, 9.17) is 9.52 Å². The Morgan fingerprint density at radius 3 is 2.81 bits per heavy atom. The fourth-order valence-corrected chi connectivity index (χ4v) is 1.62. The minimum Gasteiger partial charge on any atom is -0.481 e. The van der Waals surface area contributed by atoms with Crippen LogP contribution in [0, 0.1) is 11.8 Å². The predicted octanol–water partition coefficient (Wildman–Crippen LogP) is 2.12. The zero-order valence-corrected chi connectivity index (χ0v) is 9.77. The minimum atomic E-state index is -0.736. The van der Waals surface area contributed by atoms with E-state index in [1.807, 2.05) is 26.0 Å². The number of hydrogen-bond acceptors (Lipinski definition) is 3. The van der Waals surface area contributed by atoms with Crippen molar-refractivity contribution in [3.63, 3.8) is 0 Å². The molecule has 1 aromatic rings. The van der Waals surface area contributed by atoms with Gasteiger partial charge in [0.05, 0.1) is 18.7 Å². The molecule has 0 fully saturated rings. The molecular formula is C12H19NO3. The Hall–Kier alpha value is -1.29. The average Bonchev–Trinajstić information content (AvgIpc) is 2.68. The molecule has 0 radical (unpaired) electrons. The van der Waals surface area contributed by atoms with E-state index in [2.05, 4.69) is 5.32 Å². The van der Waals surface area contributed by atoms with Gasteiger partial charge in [-0.3, -0.25) is 4.79 Å². The molecule has 16 heavy (non-hydrogen) atoms. The molecule has 1 unspecified atom stereocenters. The lowest BCUT2D eigenvalue weighted by molar-refractivity contribution is -0.142. The maximum absolute atomic E-state index is 11.0. The van der Waals surface area contributed by atoms with E-state index in [-0.39, 0.29) is 5.92 Å². The van der Waals surface area contributed by atoms with Crippen molar-refractivity contribution in [2.75, 3.05) is 6.54 Å². The van der Waals surface area contributed by atoms with Crippen molar-refractivity contribution in [3.8, 4) is 0 Å². The van der Waals surface area contributed by atoms with Crippen LogP contribution in [0.2, 0.25) is 0 Å². The molecule has 0 saturated carbocycles. The molecular weight excluding hydrogens is 206 g/mol. The van der Waals surface area contributed by atoms with Crippen LogP contribution < -0.4 is 5.32 Å². The van der Waals surface area contributed by atoms with Gasteiger partial charge in [-0.1, -0.05) is 13.8 Å². The molecule has 90 valence electrons.